The van der Waals surface area contributed by atoms with Crippen molar-refractivity contribution in [2.45, 2.75) is 18.3 Å². The van der Waals surface area contributed by atoms with Crippen LogP contribution in [0.4, 0.5) is 0 Å². The monoisotopic (exact) mass is 242 g/mol. The molecule has 3 saturated heterocycles. The SMILES string of the molecule is CN(CCN(CC1CO1)CC1CO1)CC1CO1. The Hall–Kier alpha value is -0.200. The summed E-state index contributed by atoms with van der Waals surface area (Å²) in [5, 5.41) is 0. The second kappa shape index (κ2) is 5.20. The minimum Gasteiger partial charge on any atom is -0.372 e. The first-order valence-electron chi connectivity index (χ1n) is 6.55. The molecule has 0 N–H and O–H groups in total. The van der Waals surface area contributed by atoms with Gasteiger partial charge in [-0.15, -0.1) is 0 Å². The quantitative estimate of drug-likeness (QED) is 0.506. The van der Waals surface area contributed by atoms with Crippen molar-refractivity contribution < 1.29 is 14.2 Å². The lowest BCUT2D eigenvalue weighted by Gasteiger charge is -2.24. The van der Waals surface area contributed by atoms with Crippen molar-refractivity contribution >= 4 is 0 Å². The zero-order valence-corrected chi connectivity index (χ0v) is 10.5. The zero-order valence-electron chi connectivity index (χ0n) is 10.5. The highest BCUT2D eigenvalue weighted by Gasteiger charge is 2.31. The van der Waals surface area contributed by atoms with Crippen LogP contribution in [0.15, 0.2) is 0 Å². The lowest BCUT2D eigenvalue weighted by Crippen LogP contribution is -2.38. The Labute approximate surface area is 103 Å². The average Bonchev–Trinajstić information content (AvgIpc) is 3.09. The largest absolute Gasteiger partial charge is 0.372 e. The minimum atomic E-state index is 0.478. The van der Waals surface area contributed by atoms with Crippen LogP contribution in [0.25, 0.3) is 0 Å². The molecule has 0 aliphatic carbocycles. The smallest absolute Gasteiger partial charge is 0.0936 e. The Morgan fingerprint density at radius 2 is 1.29 bits per heavy atom. The van der Waals surface area contributed by atoms with Gasteiger partial charge in [0, 0.05) is 32.7 Å². The van der Waals surface area contributed by atoms with Crippen molar-refractivity contribution in [3.05, 3.63) is 0 Å². The van der Waals surface area contributed by atoms with Gasteiger partial charge in [0.05, 0.1) is 38.1 Å². The van der Waals surface area contributed by atoms with E-state index in [-0.39, 0.29) is 0 Å². The number of epoxide rings is 3. The minimum absolute atomic E-state index is 0.478. The number of nitrogens with zero attached hydrogens (tertiary/aromatic N) is 2. The van der Waals surface area contributed by atoms with Crippen LogP contribution in [0, 0.1) is 0 Å². The lowest BCUT2D eigenvalue weighted by molar-refractivity contribution is 0.187. The van der Waals surface area contributed by atoms with Gasteiger partial charge in [0.2, 0.25) is 0 Å². The van der Waals surface area contributed by atoms with Crippen molar-refractivity contribution in [3.63, 3.8) is 0 Å². The number of ether oxygens (including phenoxy) is 3. The molecule has 3 unspecified atom stereocenters. The highest BCUT2D eigenvalue weighted by Crippen LogP contribution is 2.16. The maximum Gasteiger partial charge on any atom is 0.0936 e. The average molecular weight is 242 g/mol. The van der Waals surface area contributed by atoms with Gasteiger partial charge in [0.1, 0.15) is 0 Å². The molecule has 5 nitrogen and oxygen atoms in total. The van der Waals surface area contributed by atoms with Gasteiger partial charge in [0.25, 0.3) is 0 Å². The molecule has 0 radical (unpaired) electrons. The van der Waals surface area contributed by atoms with Gasteiger partial charge in [-0.3, -0.25) is 4.90 Å². The van der Waals surface area contributed by atoms with Crippen LogP contribution in [0.2, 0.25) is 0 Å². The third-order valence-corrected chi connectivity index (χ3v) is 3.44. The molecule has 3 rings (SSSR count). The van der Waals surface area contributed by atoms with Gasteiger partial charge in [-0.25, -0.2) is 0 Å². The van der Waals surface area contributed by atoms with Gasteiger partial charge >= 0.3 is 0 Å². The van der Waals surface area contributed by atoms with Crippen LogP contribution in [-0.4, -0.2) is 87.7 Å². The van der Waals surface area contributed by atoms with E-state index in [4.69, 9.17) is 14.2 Å². The molecular weight excluding hydrogens is 220 g/mol. The summed E-state index contributed by atoms with van der Waals surface area (Å²) in [6.07, 6.45) is 1.45. The Bertz CT molecular complexity index is 238. The first-order valence-corrected chi connectivity index (χ1v) is 6.55. The van der Waals surface area contributed by atoms with E-state index in [9.17, 15) is 0 Å². The van der Waals surface area contributed by atoms with Gasteiger partial charge in [-0.05, 0) is 7.05 Å². The number of hydrogen-bond donors (Lipinski definition) is 0. The third-order valence-electron chi connectivity index (χ3n) is 3.44. The van der Waals surface area contributed by atoms with E-state index >= 15 is 0 Å². The fraction of sp³-hybridized carbons (Fsp3) is 1.00. The van der Waals surface area contributed by atoms with E-state index in [1.165, 1.54) is 0 Å². The second-order valence-electron chi connectivity index (χ2n) is 5.39. The molecule has 0 amide bonds. The summed E-state index contributed by atoms with van der Waals surface area (Å²) in [6, 6.07) is 0. The maximum absolute atomic E-state index is 5.31. The summed E-state index contributed by atoms with van der Waals surface area (Å²) in [5.74, 6) is 0. The fourth-order valence-corrected chi connectivity index (χ4v) is 2.10. The molecule has 3 atom stereocenters. The van der Waals surface area contributed by atoms with E-state index in [1.807, 2.05) is 0 Å². The maximum atomic E-state index is 5.31. The van der Waals surface area contributed by atoms with E-state index in [2.05, 4.69) is 16.8 Å². The van der Waals surface area contributed by atoms with E-state index in [0.29, 0.717) is 18.3 Å². The van der Waals surface area contributed by atoms with Crippen LogP contribution in [0.1, 0.15) is 0 Å². The van der Waals surface area contributed by atoms with Crippen molar-refractivity contribution in [2.24, 2.45) is 0 Å². The normalized spacial score (nSPS) is 34.4. The summed E-state index contributed by atoms with van der Waals surface area (Å²) in [7, 11) is 2.17. The molecule has 0 aromatic carbocycles. The highest BCUT2D eigenvalue weighted by atomic mass is 16.6. The fourth-order valence-electron chi connectivity index (χ4n) is 2.10. The second-order valence-corrected chi connectivity index (χ2v) is 5.39. The summed E-state index contributed by atoms with van der Waals surface area (Å²) in [5.41, 5.74) is 0. The number of rotatable bonds is 9. The summed E-state index contributed by atoms with van der Waals surface area (Å²) >= 11 is 0. The molecular formula is C12H22N2O3. The van der Waals surface area contributed by atoms with Crippen LogP contribution in [0.3, 0.4) is 0 Å². The summed E-state index contributed by atoms with van der Waals surface area (Å²) < 4.78 is 15.9. The predicted molar refractivity (Wildman–Crippen MR) is 63.2 cm³/mol. The van der Waals surface area contributed by atoms with Gasteiger partial charge in [-0.2, -0.15) is 0 Å². The van der Waals surface area contributed by atoms with Crippen molar-refractivity contribution in [2.75, 3.05) is 59.6 Å². The van der Waals surface area contributed by atoms with E-state index in [0.717, 1.165) is 52.5 Å². The Balaban J connectivity index is 1.35. The van der Waals surface area contributed by atoms with Crippen molar-refractivity contribution in [3.8, 4) is 0 Å². The standard InChI is InChI=1S/C12H22N2O3/c1-13(4-10-7-15-10)2-3-14(5-11-8-16-11)6-12-9-17-12/h10-12H,2-9H2,1H3. The Morgan fingerprint density at radius 1 is 0.824 bits per heavy atom. The van der Waals surface area contributed by atoms with Crippen LogP contribution < -0.4 is 0 Å². The molecule has 17 heavy (non-hydrogen) atoms. The molecule has 5 heteroatoms. The summed E-state index contributed by atoms with van der Waals surface area (Å²) in [6.45, 7) is 8.21. The Kier molecular flexibility index (Phi) is 3.63. The van der Waals surface area contributed by atoms with Crippen LogP contribution in [0.5, 0.6) is 0 Å². The molecule has 0 saturated carbocycles. The molecule has 0 aromatic heterocycles. The van der Waals surface area contributed by atoms with Crippen LogP contribution in [-0.2, 0) is 14.2 Å². The first-order chi connectivity index (χ1) is 8.29. The topological polar surface area (TPSA) is 44.1 Å². The molecule has 3 aliphatic rings. The highest BCUT2D eigenvalue weighted by molar-refractivity contribution is 4.81. The van der Waals surface area contributed by atoms with E-state index < -0.39 is 0 Å². The zero-order chi connectivity index (χ0) is 11.7. The Morgan fingerprint density at radius 3 is 1.76 bits per heavy atom. The lowest BCUT2D eigenvalue weighted by atomic mass is 10.3. The van der Waals surface area contributed by atoms with Gasteiger partial charge in [0.15, 0.2) is 0 Å². The van der Waals surface area contributed by atoms with E-state index in [1.54, 1.807) is 0 Å². The van der Waals surface area contributed by atoms with Crippen molar-refractivity contribution in [1.29, 1.82) is 0 Å². The molecule has 98 valence electrons. The molecule has 3 fully saturated rings. The molecule has 3 aliphatic heterocycles. The molecule has 0 spiro atoms. The van der Waals surface area contributed by atoms with Gasteiger partial charge in [-0.1, -0.05) is 0 Å². The summed E-state index contributed by atoms with van der Waals surface area (Å²) in [4.78, 5) is 4.83. The predicted octanol–water partition coefficient (Wildman–Crippen LogP) is -0.583. The number of hydrogen-bond acceptors (Lipinski definition) is 5. The third kappa shape index (κ3) is 4.52. The molecule has 0 aromatic rings. The first kappa shape index (κ1) is 11.9. The van der Waals surface area contributed by atoms with Crippen LogP contribution >= 0.6 is 0 Å². The van der Waals surface area contributed by atoms with Crippen molar-refractivity contribution in [1.82, 2.24) is 9.80 Å². The number of likely N-dealkylation sites (N-methyl/N-ethyl adjacent to an activating group) is 1. The van der Waals surface area contributed by atoms with Gasteiger partial charge < -0.3 is 19.1 Å². The molecule has 3 heterocycles. The molecule has 0 bridgehead atoms.